The summed E-state index contributed by atoms with van der Waals surface area (Å²) in [5.41, 5.74) is 0.492. The van der Waals surface area contributed by atoms with Crippen molar-refractivity contribution < 1.29 is 24.9 Å². The number of carbonyl (C=O) groups excluding carboxylic acids is 1. The summed E-state index contributed by atoms with van der Waals surface area (Å²) < 4.78 is 6.71. The molecule has 0 amide bonds. The summed E-state index contributed by atoms with van der Waals surface area (Å²) in [6, 6.07) is 1.49. The molecule has 0 bridgehead atoms. The second-order valence-corrected chi connectivity index (χ2v) is 10.0. The van der Waals surface area contributed by atoms with Gasteiger partial charge in [0.2, 0.25) is 0 Å². The second-order valence-electron chi connectivity index (χ2n) is 10.0. The number of ether oxygens (including phenoxy) is 1. The summed E-state index contributed by atoms with van der Waals surface area (Å²) in [7, 11) is 0. The minimum atomic E-state index is -0.529. The lowest BCUT2D eigenvalue weighted by Gasteiger charge is -2.64. The average molecular weight is 389 g/mol. The van der Waals surface area contributed by atoms with E-state index in [-0.39, 0.29) is 41.1 Å². The zero-order chi connectivity index (χ0) is 20.5. The quantitative estimate of drug-likeness (QED) is 0.674. The van der Waals surface area contributed by atoms with Crippen molar-refractivity contribution in [1.29, 1.82) is 0 Å². The molecular formula is C23H32O5. The number of aliphatic hydroxyl groups is 2. The first-order chi connectivity index (χ1) is 13.1. The highest BCUT2D eigenvalue weighted by Crippen LogP contribution is 2.66. The van der Waals surface area contributed by atoms with Gasteiger partial charge in [0.1, 0.15) is 17.1 Å². The molecule has 3 aliphatic rings. The second kappa shape index (κ2) is 6.20. The number of benzene rings is 1. The third-order valence-corrected chi connectivity index (χ3v) is 8.61. The van der Waals surface area contributed by atoms with Gasteiger partial charge < -0.3 is 20.1 Å². The predicted molar refractivity (Wildman–Crippen MR) is 105 cm³/mol. The highest BCUT2D eigenvalue weighted by atomic mass is 16.5. The molecule has 28 heavy (non-hydrogen) atoms. The van der Waals surface area contributed by atoms with E-state index in [1.807, 2.05) is 0 Å². The van der Waals surface area contributed by atoms with Gasteiger partial charge in [0.15, 0.2) is 6.29 Å². The molecule has 5 heteroatoms. The number of fused-ring (bicyclic) bond motifs is 3. The Bertz CT molecular complexity index is 816. The molecule has 1 aromatic rings. The van der Waals surface area contributed by atoms with Gasteiger partial charge in [0.25, 0.3) is 0 Å². The van der Waals surface area contributed by atoms with Crippen LogP contribution in [0.3, 0.4) is 0 Å². The van der Waals surface area contributed by atoms with Crippen LogP contribution in [0.5, 0.6) is 11.5 Å². The molecule has 4 rings (SSSR count). The molecule has 2 aliphatic carbocycles. The van der Waals surface area contributed by atoms with Gasteiger partial charge in [-0.25, -0.2) is 0 Å². The molecule has 5 nitrogen and oxygen atoms in total. The van der Waals surface area contributed by atoms with Crippen LogP contribution in [0.1, 0.15) is 74.9 Å². The van der Waals surface area contributed by atoms with Crippen LogP contribution in [-0.2, 0) is 13.0 Å². The first-order valence-corrected chi connectivity index (χ1v) is 10.4. The lowest BCUT2D eigenvalue weighted by atomic mass is 9.43. The van der Waals surface area contributed by atoms with E-state index in [1.54, 1.807) is 0 Å². The maximum absolute atomic E-state index is 11.8. The van der Waals surface area contributed by atoms with Crippen molar-refractivity contribution in [2.45, 2.75) is 78.1 Å². The van der Waals surface area contributed by atoms with Gasteiger partial charge in [0, 0.05) is 17.4 Å². The largest absolute Gasteiger partial charge is 0.508 e. The number of phenolic OH excluding ortho intramolecular Hbond substituents is 1. The van der Waals surface area contributed by atoms with Gasteiger partial charge in [-0.1, -0.05) is 27.7 Å². The van der Waals surface area contributed by atoms with E-state index < -0.39 is 5.60 Å². The summed E-state index contributed by atoms with van der Waals surface area (Å²) in [5.74, 6) is 1.07. The van der Waals surface area contributed by atoms with Gasteiger partial charge in [0.05, 0.1) is 18.3 Å². The van der Waals surface area contributed by atoms with Crippen molar-refractivity contribution in [3.8, 4) is 11.5 Å². The third-order valence-electron chi connectivity index (χ3n) is 8.61. The van der Waals surface area contributed by atoms with Gasteiger partial charge in [-0.3, -0.25) is 4.79 Å². The molecule has 0 aromatic heterocycles. The number of aliphatic hydroxyl groups excluding tert-OH is 2. The predicted octanol–water partition coefficient (Wildman–Crippen LogP) is 3.60. The maximum Gasteiger partial charge on any atom is 0.154 e. The Hall–Kier alpha value is -1.59. The molecule has 1 heterocycles. The summed E-state index contributed by atoms with van der Waals surface area (Å²) >= 11 is 0. The van der Waals surface area contributed by atoms with Crippen molar-refractivity contribution >= 4 is 6.29 Å². The first kappa shape index (κ1) is 19.7. The summed E-state index contributed by atoms with van der Waals surface area (Å²) in [6.45, 7) is 8.47. The smallest absolute Gasteiger partial charge is 0.154 e. The van der Waals surface area contributed by atoms with Crippen LogP contribution in [0.4, 0.5) is 0 Å². The van der Waals surface area contributed by atoms with Crippen LogP contribution in [0.2, 0.25) is 0 Å². The molecule has 5 atom stereocenters. The number of hydrogen-bond donors (Lipinski definition) is 3. The lowest BCUT2D eigenvalue weighted by Crippen LogP contribution is -2.66. The van der Waals surface area contributed by atoms with E-state index in [9.17, 15) is 20.1 Å². The number of rotatable bonds is 2. The van der Waals surface area contributed by atoms with Crippen LogP contribution in [-0.4, -0.2) is 33.3 Å². The number of aromatic hydroxyl groups is 1. The molecule has 3 N–H and O–H groups in total. The van der Waals surface area contributed by atoms with Gasteiger partial charge in [-0.15, -0.1) is 0 Å². The van der Waals surface area contributed by atoms with Crippen LogP contribution in [0.25, 0.3) is 0 Å². The van der Waals surface area contributed by atoms with Gasteiger partial charge in [-0.05, 0) is 54.6 Å². The molecule has 2 fully saturated rings. The highest BCUT2D eigenvalue weighted by Gasteiger charge is 2.67. The van der Waals surface area contributed by atoms with Gasteiger partial charge >= 0.3 is 0 Å². The number of hydrogen-bond acceptors (Lipinski definition) is 5. The van der Waals surface area contributed by atoms with Crippen LogP contribution in [0.15, 0.2) is 6.07 Å². The molecular weight excluding hydrogens is 356 g/mol. The van der Waals surface area contributed by atoms with Crippen molar-refractivity contribution in [2.24, 2.45) is 22.7 Å². The maximum atomic E-state index is 11.8. The Morgan fingerprint density at radius 1 is 1.25 bits per heavy atom. The zero-order valence-corrected chi connectivity index (χ0v) is 17.3. The van der Waals surface area contributed by atoms with E-state index >= 15 is 0 Å². The van der Waals surface area contributed by atoms with Crippen molar-refractivity contribution in [2.75, 3.05) is 0 Å². The molecule has 1 aromatic carbocycles. The standard InChI is InChI=1S/C23H32O5/c1-13-5-6-18-21(2,3)19(27)7-8-22(18,4)23(13)10-15-17(26)9-14(11-24)16(12-25)20(15)28-23/h9,12-13,18-19,24,26-27H,5-8,10-11H2,1-4H3/t13-,18-,19-,22-,23-/m0/s1. The van der Waals surface area contributed by atoms with Crippen molar-refractivity contribution in [1.82, 2.24) is 0 Å². The van der Waals surface area contributed by atoms with E-state index in [2.05, 4.69) is 27.7 Å². The Morgan fingerprint density at radius 2 is 1.96 bits per heavy atom. The summed E-state index contributed by atoms with van der Waals surface area (Å²) in [6.07, 6.45) is 4.55. The topological polar surface area (TPSA) is 87.0 Å². The molecule has 1 spiro atoms. The zero-order valence-electron chi connectivity index (χ0n) is 17.3. The van der Waals surface area contributed by atoms with Crippen molar-refractivity contribution in [3.63, 3.8) is 0 Å². The van der Waals surface area contributed by atoms with Crippen LogP contribution in [0, 0.1) is 22.7 Å². The monoisotopic (exact) mass is 388 g/mol. The average Bonchev–Trinajstić information content (AvgIpc) is 3.06. The third kappa shape index (κ3) is 2.29. The molecule has 154 valence electrons. The highest BCUT2D eigenvalue weighted by molar-refractivity contribution is 5.84. The lowest BCUT2D eigenvalue weighted by molar-refractivity contribution is -0.210. The normalized spacial score (nSPS) is 38.6. The molecule has 0 radical (unpaired) electrons. The van der Waals surface area contributed by atoms with E-state index in [4.69, 9.17) is 4.74 Å². The number of phenols is 1. The van der Waals surface area contributed by atoms with E-state index in [0.29, 0.717) is 28.9 Å². The fraction of sp³-hybridized carbons (Fsp3) is 0.696. The van der Waals surface area contributed by atoms with E-state index in [1.165, 1.54) is 6.07 Å². The Balaban J connectivity index is 1.87. The van der Waals surface area contributed by atoms with Gasteiger partial charge in [-0.2, -0.15) is 0 Å². The Kier molecular flexibility index (Phi) is 4.37. The minimum absolute atomic E-state index is 0.0922. The fourth-order valence-corrected chi connectivity index (χ4v) is 6.82. The van der Waals surface area contributed by atoms with E-state index in [0.717, 1.165) is 32.0 Å². The van der Waals surface area contributed by atoms with Crippen LogP contribution >= 0.6 is 0 Å². The molecule has 0 saturated heterocycles. The Labute approximate surface area is 166 Å². The minimum Gasteiger partial charge on any atom is -0.508 e. The summed E-state index contributed by atoms with van der Waals surface area (Å²) in [4.78, 5) is 11.8. The number of aldehydes is 1. The number of carbonyl (C=O) groups is 1. The molecule has 1 aliphatic heterocycles. The van der Waals surface area contributed by atoms with Crippen LogP contribution < -0.4 is 4.74 Å². The van der Waals surface area contributed by atoms with Crippen molar-refractivity contribution in [3.05, 3.63) is 22.8 Å². The SMILES string of the molecule is C[C@H]1CC[C@H]2C(C)(C)[C@@H](O)CC[C@]2(C)[C@]12Cc1c(O)cc(CO)c(C=O)c1O2. The molecule has 0 unspecified atom stereocenters. The Morgan fingerprint density at radius 3 is 2.61 bits per heavy atom. The molecule has 2 saturated carbocycles. The first-order valence-electron chi connectivity index (χ1n) is 10.4. The fourth-order valence-electron chi connectivity index (χ4n) is 6.82. The summed E-state index contributed by atoms with van der Waals surface area (Å²) in [5, 5.41) is 31.0.